The lowest BCUT2D eigenvalue weighted by atomic mass is 9.93. The number of hydrogen-bond acceptors (Lipinski definition) is 7. The van der Waals surface area contributed by atoms with E-state index < -0.39 is 33.9 Å². The van der Waals surface area contributed by atoms with E-state index in [2.05, 4.69) is 5.16 Å². The first-order chi connectivity index (χ1) is 12.8. The standard InChI is InChI=1S/C19H20N2O6/c1-5-26-18(23)19(12(4)22)14(13-8-6-10(2)7-9-13)15(19)17-16(21(24)25)11(3)20-27-17/h6-9,14-15H,5H2,1-4H3/t14-,15+,19-/m1/s1. The Balaban J connectivity index is 2.19. The van der Waals surface area contributed by atoms with Crippen molar-refractivity contribution in [3.8, 4) is 0 Å². The summed E-state index contributed by atoms with van der Waals surface area (Å²) in [6, 6.07) is 7.35. The highest BCUT2D eigenvalue weighted by Gasteiger charge is 2.77. The molecule has 27 heavy (non-hydrogen) atoms. The lowest BCUT2D eigenvalue weighted by Crippen LogP contribution is -2.29. The normalized spacial score (nSPS) is 23.7. The number of nitrogens with zero attached hydrogens (tertiary/aromatic N) is 2. The van der Waals surface area contributed by atoms with Gasteiger partial charge in [-0.1, -0.05) is 35.0 Å². The Morgan fingerprint density at radius 2 is 1.89 bits per heavy atom. The van der Waals surface area contributed by atoms with E-state index in [-0.39, 0.29) is 23.7 Å². The van der Waals surface area contributed by atoms with Crippen LogP contribution in [0.25, 0.3) is 0 Å². The van der Waals surface area contributed by atoms with Crippen molar-refractivity contribution < 1.29 is 23.8 Å². The van der Waals surface area contributed by atoms with Gasteiger partial charge < -0.3 is 9.26 Å². The van der Waals surface area contributed by atoms with Gasteiger partial charge in [-0.2, -0.15) is 0 Å². The van der Waals surface area contributed by atoms with Crippen LogP contribution in [-0.2, 0) is 14.3 Å². The predicted molar refractivity (Wildman–Crippen MR) is 94.3 cm³/mol. The number of aromatic nitrogens is 1. The molecule has 0 N–H and O–H groups in total. The molecule has 8 nitrogen and oxygen atoms in total. The number of Topliss-reactive ketones (excluding diaryl/α,β-unsaturated/α-hetero) is 1. The number of hydrogen-bond donors (Lipinski definition) is 0. The zero-order valence-corrected chi connectivity index (χ0v) is 15.5. The highest BCUT2D eigenvalue weighted by atomic mass is 16.6. The van der Waals surface area contributed by atoms with Crippen LogP contribution in [-0.4, -0.2) is 28.4 Å². The molecule has 1 aliphatic rings. The average molecular weight is 372 g/mol. The molecule has 3 rings (SSSR count). The second-order valence-electron chi connectivity index (χ2n) is 6.75. The molecule has 8 heteroatoms. The van der Waals surface area contributed by atoms with Crippen molar-refractivity contribution in [2.45, 2.75) is 39.5 Å². The molecular formula is C19H20N2O6. The van der Waals surface area contributed by atoms with Gasteiger partial charge in [-0.3, -0.25) is 19.7 Å². The summed E-state index contributed by atoms with van der Waals surface area (Å²) in [6.45, 7) is 6.41. The number of ether oxygens (including phenoxy) is 1. The largest absolute Gasteiger partial charge is 0.465 e. The molecule has 0 radical (unpaired) electrons. The Hall–Kier alpha value is -3.03. The van der Waals surface area contributed by atoms with E-state index in [0.29, 0.717) is 0 Å². The molecule has 0 spiro atoms. The quantitative estimate of drug-likeness (QED) is 0.331. The lowest BCUT2D eigenvalue weighted by molar-refractivity contribution is -0.386. The third kappa shape index (κ3) is 2.72. The van der Waals surface area contributed by atoms with Gasteiger partial charge in [0.05, 0.1) is 17.4 Å². The molecule has 1 aromatic carbocycles. The second kappa shape index (κ2) is 6.61. The zero-order chi connectivity index (χ0) is 19.9. The van der Waals surface area contributed by atoms with Crippen molar-refractivity contribution in [1.29, 1.82) is 0 Å². The number of esters is 1. The van der Waals surface area contributed by atoms with Crippen LogP contribution in [0.15, 0.2) is 28.8 Å². The molecule has 0 bridgehead atoms. The van der Waals surface area contributed by atoms with Gasteiger partial charge in [0.25, 0.3) is 0 Å². The van der Waals surface area contributed by atoms with Gasteiger partial charge in [0.2, 0.25) is 5.76 Å². The van der Waals surface area contributed by atoms with Crippen LogP contribution < -0.4 is 0 Å². The molecule has 1 fully saturated rings. The lowest BCUT2D eigenvalue weighted by Gasteiger charge is -2.13. The number of ketones is 1. The third-order valence-electron chi connectivity index (χ3n) is 5.16. The first-order valence-corrected chi connectivity index (χ1v) is 8.62. The molecule has 0 saturated heterocycles. The molecule has 0 amide bonds. The smallest absolute Gasteiger partial charge is 0.334 e. The van der Waals surface area contributed by atoms with Crippen LogP contribution in [0, 0.1) is 29.4 Å². The van der Waals surface area contributed by atoms with Crippen molar-refractivity contribution in [2.24, 2.45) is 5.41 Å². The molecule has 1 heterocycles. The molecule has 142 valence electrons. The van der Waals surface area contributed by atoms with Gasteiger partial charge in [0, 0.05) is 5.92 Å². The van der Waals surface area contributed by atoms with E-state index in [1.54, 1.807) is 6.92 Å². The van der Waals surface area contributed by atoms with Gasteiger partial charge in [0.15, 0.2) is 5.69 Å². The predicted octanol–water partition coefficient (Wildman–Crippen LogP) is 3.22. The molecule has 1 aliphatic carbocycles. The van der Waals surface area contributed by atoms with Crippen molar-refractivity contribution in [3.63, 3.8) is 0 Å². The Kier molecular flexibility index (Phi) is 4.59. The molecule has 0 unspecified atom stereocenters. The van der Waals surface area contributed by atoms with E-state index in [1.165, 1.54) is 13.8 Å². The van der Waals surface area contributed by atoms with Crippen LogP contribution in [0.5, 0.6) is 0 Å². The summed E-state index contributed by atoms with van der Waals surface area (Å²) in [5.74, 6) is -2.62. The summed E-state index contributed by atoms with van der Waals surface area (Å²) in [5, 5.41) is 15.2. The van der Waals surface area contributed by atoms with Crippen LogP contribution in [0.2, 0.25) is 0 Å². The fourth-order valence-electron chi connectivity index (χ4n) is 3.87. The minimum absolute atomic E-state index is 0.0636. The fourth-order valence-corrected chi connectivity index (χ4v) is 3.87. The topological polar surface area (TPSA) is 113 Å². The van der Waals surface area contributed by atoms with Crippen molar-refractivity contribution in [2.75, 3.05) is 6.61 Å². The maximum Gasteiger partial charge on any atom is 0.334 e. The number of benzene rings is 1. The zero-order valence-electron chi connectivity index (χ0n) is 15.5. The molecule has 1 aromatic heterocycles. The van der Waals surface area contributed by atoms with Gasteiger partial charge in [0.1, 0.15) is 11.2 Å². The second-order valence-corrected chi connectivity index (χ2v) is 6.75. The summed E-state index contributed by atoms with van der Waals surface area (Å²) < 4.78 is 10.4. The van der Waals surface area contributed by atoms with E-state index in [1.807, 2.05) is 31.2 Å². The van der Waals surface area contributed by atoms with Crippen molar-refractivity contribution in [3.05, 3.63) is 57.0 Å². The minimum atomic E-state index is -1.55. The molecule has 0 aliphatic heterocycles. The molecule has 1 saturated carbocycles. The SMILES string of the molecule is CCOC(=O)[C@]1(C(C)=O)[C@H](c2ccc(C)cc2)[C@H]1c1onc(C)c1[N+](=O)[O-]. The van der Waals surface area contributed by atoms with Gasteiger partial charge in [-0.25, -0.2) is 0 Å². The van der Waals surface area contributed by atoms with Crippen LogP contribution in [0.4, 0.5) is 5.69 Å². The molecule has 2 aromatic rings. The number of aryl methyl sites for hydroxylation is 2. The minimum Gasteiger partial charge on any atom is -0.465 e. The summed E-state index contributed by atoms with van der Waals surface area (Å²) in [7, 11) is 0. The number of carbonyl (C=O) groups excluding carboxylic acids is 2. The summed E-state index contributed by atoms with van der Waals surface area (Å²) in [6.07, 6.45) is 0. The number of carbonyl (C=O) groups is 2. The molecular weight excluding hydrogens is 352 g/mol. The highest BCUT2D eigenvalue weighted by molar-refractivity contribution is 6.09. The van der Waals surface area contributed by atoms with Gasteiger partial charge >= 0.3 is 11.7 Å². The van der Waals surface area contributed by atoms with E-state index in [4.69, 9.17) is 9.26 Å². The molecule has 3 atom stereocenters. The van der Waals surface area contributed by atoms with Gasteiger partial charge in [-0.05, 0) is 33.3 Å². The maximum atomic E-state index is 12.8. The number of rotatable bonds is 6. The first-order valence-electron chi connectivity index (χ1n) is 8.62. The van der Waals surface area contributed by atoms with E-state index in [0.717, 1.165) is 11.1 Å². The Labute approximate surface area is 155 Å². The summed E-state index contributed by atoms with van der Waals surface area (Å²) in [5.41, 5.74) is -0.0169. The van der Waals surface area contributed by atoms with Gasteiger partial charge in [-0.15, -0.1) is 0 Å². The highest BCUT2D eigenvalue weighted by Crippen LogP contribution is 2.72. The van der Waals surface area contributed by atoms with E-state index >= 15 is 0 Å². The van der Waals surface area contributed by atoms with Crippen LogP contribution in [0.3, 0.4) is 0 Å². The number of nitro groups is 1. The third-order valence-corrected chi connectivity index (χ3v) is 5.16. The Morgan fingerprint density at radius 1 is 1.26 bits per heavy atom. The maximum absolute atomic E-state index is 12.8. The van der Waals surface area contributed by atoms with Crippen LogP contribution >= 0.6 is 0 Å². The monoisotopic (exact) mass is 372 g/mol. The Morgan fingerprint density at radius 3 is 2.41 bits per heavy atom. The van der Waals surface area contributed by atoms with Crippen molar-refractivity contribution >= 4 is 17.4 Å². The fraction of sp³-hybridized carbons (Fsp3) is 0.421. The van der Waals surface area contributed by atoms with Crippen molar-refractivity contribution in [1.82, 2.24) is 5.16 Å². The Bertz CT molecular complexity index is 917. The summed E-state index contributed by atoms with van der Waals surface area (Å²) >= 11 is 0. The van der Waals surface area contributed by atoms with Crippen LogP contribution in [0.1, 0.15) is 48.3 Å². The first kappa shape index (κ1) is 18.8. The summed E-state index contributed by atoms with van der Waals surface area (Å²) in [4.78, 5) is 36.4. The average Bonchev–Trinajstić information content (AvgIpc) is 3.16. The van der Waals surface area contributed by atoms with E-state index in [9.17, 15) is 19.7 Å².